The van der Waals surface area contributed by atoms with E-state index in [1.54, 1.807) is 19.9 Å². The lowest BCUT2D eigenvalue weighted by atomic mass is 10.2. The summed E-state index contributed by atoms with van der Waals surface area (Å²) >= 11 is 2.92. The minimum atomic E-state index is -3.66. The molecule has 1 aliphatic rings. The van der Waals surface area contributed by atoms with Crippen LogP contribution in [0.2, 0.25) is 0 Å². The molecule has 0 spiro atoms. The number of hydrogen-bond acceptors (Lipinski definition) is 6. The molecule has 0 saturated carbocycles. The Morgan fingerprint density at radius 1 is 1.33 bits per heavy atom. The van der Waals surface area contributed by atoms with Crippen molar-refractivity contribution in [3.63, 3.8) is 0 Å². The number of thioether (sulfide) groups is 1. The molecule has 1 aromatic carbocycles. The number of carbonyl (C=O) groups excluding carboxylic acids is 2. The van der Waals surface area contributed by atoms with Crippen LogP contribution in [0.5, 0.6) is 0 Å². The molecule has 0 unspecified atom stereocenters. The van der Waals surface area contributed by atoms with Crippen molar-refractivity contribution in [1.29, 1.82) is 0 Å². The van der Waals surface area contributed by atoms with E-state index >= 15 is 0 Å². The van der Waals surface area contributed by atoms with E-state index in [0.717, 1.165) is 9.77 Å². The SMILES string of the molecule is C[C@@H](CS(=O)(=O)c1ccc2c(c1)NC(=O)[C@@H](C)S2)C(=O)NCc1cccs1. The first-order valence-corrected chi connectivity index (χ1v) is 11.8. The van der Waals surface area contributed by atoms with E-state index in [4.69, 9.17) is 0 Å². The first-order chi connectivity index (χ1) is 12.8. The zero-order chi connectivity index (χ0) is 19.6. The molecule has 144 valence electrons. The topological polar surface area (TPSA) is 92.3 Å². The van der Waals surface area contributed by atoms with Gasteiger partial charge < -0.3 is 10.6 Å². The summed E-state index contributed by atoms with van der Waals surface area (Å²) in [6, 6.07) is 8.50. The predicted octanol–water partition coefficient (Wildman–Crippen LogP) is 2.91. The number of nitrogens with one attached hydrogen (secondary N) is 2. The first kappa shape index (κ1) is 19.9. The summed E-state index contributed by atoms with van der Waals surface area (Å²) in [6.45, 7) is 3.78. The molecule has 0 bridgehead atoms. The Labute approximate surface area is 166 Å². The van der Waals surface area contributed by atoms with E-state index in [1.165, 1.54) is 35.2 Å². The summed E-state index contributed by atoms with van der Waals surface area (Å²) < 4.78 is 25.4. The largest absolute Gasteiger partial charge is 0.351 e. The van der Waals surface area contributed by atoms with Crippen molar-refractivity contribution in [2.45, 2.75) is 35.4 Å². The van der Waals surface area contributed by atoms with Crippen LogP contribution in [0.3, 0.4) is 0 Å². The van der Waals surface area contributed by atoms with Gasteiger partial charge in [0.15, 0.2) is 9.84 Å². The Morgan fingerprint density at radius 3 is 2.81 bits per heavy atom. The van der Waals surface area contributed by atoms with Gasteiger partial charge in [-0.3, -0.25) is 9.59 Å². The van der Waals surface area contributed by atoms with Crippen molar-refractivity contribution in [3.8, 4) is 0 Å². The maximum atomic E-state index is 12.7. The number of carbonyl (C=O) groups is 2. The number of fused-ring (bicyclic) bond motifs is 1. The number of rotatable bonds is 6. The molecule has 2 heterocycles. The van der Waals surface area contributed by atoms with E-state index < -0.39 is 15.8 Å². The third-order valence-corrected chi connectivity index (χ3v) is 8.14. The molecule has 2 atom stereocenters. The molecule has 0 fully saturated rings. The van der Waals surface area contributed by atoms with Crippen LogP contribution in [0, 0.1) is 5.92 Å². The van der Waals surface area contributed by atoms with Crippen LogP contribution in [-0.2, 0) is 26.0 Å². The van der Waals surface area contributed by atoms with Crippen molar-refractivity contribution in [2.24, 2.45) is 5.92 Å². The monoisotopic (exact) mass is 424 g/mol. The maximum absolute atomic E-state index is 12.7. The number of benzene rings is 1. The molecule has 3 rings (SSSR count). The molecule has 6 nitrogen and oxygen atoms in total. The zero-order valence-electron chi connectivity index (χ0n) is 14.9. The van der Waals surface area contributed by atoms with E-state index in [2.05, 4.69) is 10.6 Å². The van der Waals surface area contributed by atoms with Crippen LogP contribution < -0.4 is 10.6 Å². The summed E-state index contributed by atoms with van der Waals surface area (Å²) in [6.07, 6.45) is 0. The van der Waals surface area contributed by atoms with Crippen LogP contribution in [0.1, 0.15) is 18.7 Å². The van der Waals surface area contributed by atoms with Gasteiger partial charge in [-0.05, 0) is 36.6 Å². The standard InChI is InChI=1S/C18H20N2O4S3/c1-11(17(21)19-9-13-4-3-7-25-13)10-27(23,24)14-5-6-16-15(8-14)20-18(22)12(2)26-16/h3-8,11-12H,9-10H2,1-2H3,(H,19,21)(H,20,22)/t11-,12+/m0/s1. The third-order valence-electron chi connectivity index (χ3n) is 4.17. The lowest BCUT2D eigenvalue weighted by Gasteiger charge is -2.22. The van der Waals surface area contributed by atoms with Crippen molar-refractivity contribution in [1.82, 2.24) is 5.32 Å². The Balaban J connectivity index is 1.68. The van der Waals surface area contributed by atoms with Crippen LogP contribution >= 0.6 is 23.1 Å². The molecule has 0 aliphatic carbocycles. The molecule has 2 N–H and O–H groups in total. The second kappa shape index (κ2) is 8.04. The fourth-order valence-electron chi connectivity index (χ4n) is 2.64. The van der Waals surface area contributed by atoms with Gasteiger partial charge in [0.25, 0.3) is 0 Å². The summed E-state index contributed by atoms with van der Waals surface area (Å²) in [7, 11) is -3.66. The summed E-state index contributed by atoms with van der Waals surface area (Å²) in [5, 5.41) is 7.20. The molecule has 27 heavy (non-hydrogen) atoms. The fraction of sp³-hybridized carbons (Fsp3) is 0.333. The third kappa shape index (κ3) is 4.72. The molecular formula is C18H20N2O4S3. The lowest BCUT2D eigenvalue weighted by molar-refractivity contribution is -0.124. The number of hydrogen-bond donors (Lipinski definition) is 2. The maximum Gasteiger partial charge on any atom is 0.237 e. The highest BCUT2D eigenvalue weighted by Crippen LogP contribution is 2.37. The number of anilines is 1. The zero-order valence-corrected chi connectivity index (χ0v) is 17.3. The van der Waals surface area contributed by atoms with Crippen molar-refractivity contribution in [2.75, 3.05) is 11.1 Å². The van der Waals surface area contributed by atoms with Crippen LogP contribution in [-0.4, -0.2) is 31.2 Å². The second-order valence-electron chi connectivity index (χ2n) is 6.39. The molecule has 1 aliphatic heterocycles. The molecular weight excluding hydrogens is 404 g/mol. The number of thiophene rings is 1. The van der Waals surface area contributed by atoms with Gasteiger partial charge in [-0.15, -0.1) is 23.1 Å². The predicted molar refractivity (Wildman–Crippen MR) is 108 cm³/mol. The molecule has 0 radical (unpaired) electrons. The van der Waals surface area contributed by atoms with E-state index in [1.807, 2.05) is 17.5 Å². The number of sulfone groups is 1. The van der Waals surface area contributed by atoms with Gasteiger partial charge in [-0.25, -0.2) is 8.42 Å². The van der Waals surface area contributed by atoms with Crippen LogP contribution in [0.4, 0.5) is 5.69 Å². The summed E-state index contributed by atoms with van der Waals surface area (Å²) in [5.41, 5.74) is 0.499. The Hall–Kier alpha value is -1.84. The van der Waals surface area contributed by atoms with Gasteiger partial charge >= 0.3 is 0 Å². The lowest BCUT2D eigenvalue weighted by Crippen LogP contribution is -2.32. The minimum absolute atomic E-state index is 0.106. The van der Waals surface area contributed by atoms with Crippen molar-refractivity contribution >= 4 is 50.4 Å². The summed E-state index contributed by atoms with van der Waals surface area (Å²) in [4.78, 5) is 26.0. The van der Waals surface area contributed by atoms with Crippen molar-refractivity contribution < 1.29 is 18.0 Å². The van der Waals surface area contributed by atoms with Crippen LogP contribution in [0.25, 0.3) is 0 Å². The molecule has 1 aromatic heterocycles. The van der Waals surface area contributed by atoms with Gasteiger partial charge in [-0.1, -0.05) is 13.0 Å². The Bertz CT molecular complexity index is 955. The summed E-state index contributed by atoms with van der Waals surface area (Å²) in [5.74, 6) is -1.43. The highest BCUT2D eigenvalue weighted by molar-refractivity contribution is 8.01. The Kier molecular flexibility index (Phi) is 5.92. The normalized spacial score (nSPS) is 17.7. The Morgan fingerprint density at radius 2 is 2.11 bits per heavy atom. The van der Waals surface area contributed by atoms with E-state index in [0.29, 0.717) is 12.2 Å². The first-order valence-electron chi connectivity index (χ1n) is 8.40. The smallest absolute Gasteiger partial charge is 0.237 e. The number of amides is 2. The molecule has 2 aromatic rings. The average molecular weight is 425 g/mol. The van der Waals surface area contributed by atoms with Gasteiger partial charge in [-0.2, -0.15) is 0 Å². The van der Waals surface area contributed by atoms with Crippen LogP contribution in [0.15, 0.2) is 45.5 Å². The highest BCUT2D eigenvalue weighted by atomic mass is 32.2. The minimum Gasteiger partial charge on any atom is -0.351 e. The van der Waals surface area contributed by atoms with E-state index in [-0.39, 0.29) is 27.7 Å². The van der Waals surface area contributed by atoms with Crippen molar-refractivity contribution in [3.05, 3.63) is 40.6 Å². The van der Waals surface area contributed by atoms with Gasteiger partial charge in [0.05, 0.1) is 28.1 Å². The van der Waals surface area contributed by atoms with Gasteiger partial charge in [0, 0.05) is 15.7 Å². The quantitative estimate of drug-likeness (QED) is 0.744. The van der Waals surface area contributed by atoms with Gasteiger partial charge in [0.2, 0.25) is 11.8 Å². The van der Waals surface area contributed by atoms with E-state index in [9.17, 15) is 18.0 Å². The fourth-order valence-corrected chi connectivity index (χ4v) is 5.79. The van der Waals surface area contributed by atoms with Gasteiger partial charge in [0.1, 0.15) is 0 Å². The molecule has 2 amide bonds. The second-order valence-corrected chi connectivity index (χ2v) is 10.8. The molecule has 0 saturated heterocycles. The highest BCUT2D eigenvalue weighted by Gasteiger charge is 2.27. The molecule has 9 heteroatoms. The average Bonchev–Trinajstić information content (AvgIpc) is 3.13.